The number of rotatable bonds is 4. The number of hydrogen-bond donors (Lipinski definition) is 0. The molecule has 25 heavy (non-hydrogen) atoms. The highest BCUT2D eigenvalue weighted by Crippen LogP contribution is 2.42. The minimum Gasteiger partial charge on any atom is -0.227 e. The second-order valence-electron chi connectivity index (χ2n) is 8.17. The van der Waals surface area contributed by atoms with Crippen molar-refractivity contribution in [2.45, 2.75) is 77.6 Å². The van der Waals surface area contributed by atoms with Crippen LogP contribution in [0.5, 0.6) is 0 Å². The highest BCUT2D eigenvalue weighted by molar-refractivity contribution is 5.32. The van der Waals surface area contributed by atoms with Crippen LogP contribution in [0.3, 0.4) is 0 Å². The van der Waals surface area contributed by atoms with Crippen LogP contribution in [0.2, 0.25) is 0 Å². The lowest BCUT2D eigenvalue weighted by molar-refractivity contribution is 0.153. The Morgan fingerprint density at radius 3 is 2.28 bits per heavy atom. The summed E-state index contributed by atoms with van der Waals surface area (Å²) in [4.78, 5) is 3.67. The molecular weight excluding hydrogens is 309 g/mol. The fourth-order valence-electron chi connectivity index (χ4n) is 4.81. The summed E-state index contributed by atoms with van der Waals surface area (Å²) in [5.74, 6) is 9.60. The standard InChI is InChI=1S/C23H32FN/c1-2-3-4-18-7-12-21(13-8-18)22-14-9-19(10-15-22)5-6-20-11-16-23(24)25-17-20/h11,16-19,21-22H,2-4,7-10,12-15H2,1H3. The van der Waals surface area contributed by atoms with Gasteiger partial charge in [0.2, 0.25) is 5.95 Å². The highest BCUT2D eigenvalue weighted by atomic mass is 19.1. The molecule has 0 aromatic carbocycles. The van der Waals surface area contributed by atoms with Gasteiger partial charge in [-0.15, -0.1) is 0 Å². The number of hydrogen-bond acceptors (Lipinski definition) is 1. The van der Waals surface area contributed by atoms with Crippen LogP contribution >= 0.6 is 0 Å². The van der Waals surface area contributed by atoms with E-state index in [1.165, 1.54) is 82.9 Å². The first-order chi connectivity index (χ1) is 12.2. The summed E-state index contributed by atoms with van der Waals surface area (Å²) in [7, 11) is 0. The second-order valence-corrected chi connectivity index (χ2v) is 8.17. The minimum atomic E-state index is -0.435. The van der Waals surface area contributed by atoms with E-state index in [0.29, 0.717) is 5.92 Å². The van der Waals surface area contributed by atoms with Crippen molar-refractivity contribution in [1.82, 2.24) is 4.98 Å². The maximum Gasteiger partial charge on any atom is 0.212 e. The van der Waals surface area contributed by atoms with Crippen molar-refractivity contribution >= 4 is 0 Å². The van der Waals surface area contributed by atoms with E-state index in [2.05, 4.69) is 23.7 Å². The Hall–Kier alpha value is -1.36. The number of aromatic nitrogens is 1. The van der Waals surface area contributed by atoms with Gasteiger partial charge < -0.3 is 0 Å². The van der Waals surface area contributed by atoms with Gasteiger partial charge in [0.05, 0.1) is 0 Å². The van der Waals surface area contributed by atoms with Gasteiger partial charge in [-0.1, -0.05) is 50.9 Å². The average molecular weight is 342 g/mol. The van der Waals surface area contributed by atoms with Crippen molar-refractivity contribution < 1.29 is 4.39 Å². The topological polar surface area (TPSA) is 12.9 Å². The Kier molecular flexibility index (Phi) is 6.91. The van der Waals surface area contributed by atoms with Gasteiger partial charge in [0, 0.05) is 17.7 Å². The zero-order valence-corrected chi connectivity index (χ0v) is 15.6. The molecular formula is C23H32FN. The van der Waals surface area contributed by atoms with Crippen LogP contribution in [-0.4, -0.2) is 4.98 Å². The van der Waals surface area contributed by atoms with E-state index in [9.17, 15) is 4.39 Å². The molecule has 1 aromatic heterocycles. The molecule has 2 saturated carbocycles. The summed E-state index contributed by atoms with van der Waals surface area (Å²) in [6, 6.07) is 3.11. The predicted octanol–water partition coefficient (Wildman–Crippen LogP) is 6.38. The first-order valence-electron chi connectivity index (χ1n) is 10.4. The monoisotopic (exact) mass is 341 g/mol. The number of pyridine rings is 1. The molecule has 0 radical (unpaired) electrons. The summed E-state index contributed by atoms with van der Waals surface area (Å²) in [5, 5.41) is 0. The predicted molar refractivity (Wildman–Crippen MR) is 101 cm³/mol. The van der Waals surface area contributed by atoms with Gasteiger partial charge in [-0.2, -0.15) is 4.39 Å². The second kappa shape index (κ2) is 9.37. The largest absolute Gasteiger partial charge is 0.227 e. The third-order valence-corrected chi connectivity index (χ3v) is 6.44. The Labute approximate surface area is 152 Å². The fourth-order valence-corrected chi connectivity index (χ4v) is 4.81. The third-order valence-electron chi connectivity index (χ3n) is 6.44. The molecule has 0 unspecified atom stereocenters. The highest BCUT2D eigenvalue weighted by Gasteiger charge is 2.30. The SMILES string of the molecule is CCCCC1CCC(C2CCC(C#Cc3ccc(F)nc3)CC2)CC1. The van der Waals surface area contributed by atoms with Gasteiger partial charge in [0.15, 0.2) is 0 Å². The molecule has 1 nitrogen and oxygen atoms in total. The van der Waals surface area contributed by atoms with E-state index in [-0.39, 0.29) is 0 Å². The van der Waals surface area contributed by atoms with Crippen LogP contribution in [0.4, 0.5) is 4.39 Å². The Balaban J connectivity index is 1.41. The van der Waals surface area contributed by atoms with E-state index < -0.39 is 5.95 Å². The maximum absolute atomic E-state index is 12.8. The smallest absolute Gasteiger partial charge is 0.212 e. The van der Waals surface area contributed by atoms with Gasteiger partial charge in [0.1, 0.15) is 0 Å². The number of unbranched alkanes of at least 4 members (excludes halogenated alkanes) is 1. The zero-order chi connectivity index (χ0) is 17.5. The van der Waals surface area contributed by atoms with Gasteiger partial charge in [-0.05, 0) is 68.4 Å². The molecule has 0 spiro atoms. The third kappa shape index (κ3) is 5.56. The molecule has 2 heteroatoms. The van der Waals surface area contributed by atoms with Crippen LogP contribution in [0.25, 0.3) is 0 Å². The quantitative estimate of drug-likeness (QED) is 0.457. The first kappa shape index (κ1) is 18.4. The zero-order valence-electron chi connectivity index (χ0n) is 15.6. The van der Waals surface area contributed by atoms with Gasteiger partial charge >= 0.3 is 0 Å². The number of halogens is 1. The van der Waals surface area contributed by atoms with Crippen molar-refractivity contribution in [1.29, 1.82) is 0 Å². The van der Waals surface area contributed by atoms with E-state index >= 15 is 0 Å². The summed E-state index contributed by atoms with van der Waals surface area (Å²) in [5.41, 5.74) is 0.828. The van der Waals surface area contributed by atoms with E-state index in [1.807, 2.05) is 0 Å². The minimum absolute atomic E-state index is 0.435. The van der Waals surface area contributed by atoms with Crippen LogP contribution in [0.15, 0.2) is 18.3 Å². The van der Waals surface area contributed by atoms with Crippen molar-refractivity contribution in [2.24, 2.45) is 23.7 Å². The molecule has 0 bridgehead atoms. The molecule has 0 aliphatic heterocycles. The average Bonchev–Trinajstić information content (AvgIpc) is 2.67. The molecule has 2 aliphatic carbocycles. The molecule has 0 N–H and O–H groups in total. The molecule has 0 atom stereocenters. The molecule has 136 valence electrons. The van der Waals surface area contributed by atoms with E-state index in [4.69, 9.17) is 0 Å². The van der Waals surface area contributed by atoms with Gasteiger partial charge in [0.25, 0.3) is 0 Å². The van der Waals surface area contributed by atoms with Crippen molar-refractivity contribution in [3.63, 3.8) is 0 Å². The normalized spacial score (nSPS) is 29.7. The summed E-state index contributed by atoms with van der Waals surface area (Å²) < 4.78 is 12.8. The molecule has 3 rings (SSSR count). The van der Waals surface area contributed by atoms with Crippen LogP contribution in [-0.2, 0) is 0 Å². The Morgan fingerprint density at radius 2 is 1.68 bits per heavy atom. The van der Waals surface area contributed by atoms with Crippen molar-refractivity contribution in [3.8, 4) is 11.8 Å². The lowest BCUT2D eigenvalue weighted by atomic mass is 9.69. The van der Waals surface area contributed by atoms with Crippen LogP contribution in [0, 0.1) is 41.5 Å². The Bertz CT molecular complexity index is 566. The molecule has 1 heterocycles. The molecule has 0 amide bonds. The first-order valence-corrected chi connectivity index (χ1v) is 10.4. The lowest BCUT2D eigenvalue weighted by Gasteiger charge is -2.37. The van der Waals surface area contributed by atoms with Gasteiger partial charge in [-0.3, -0.25) is 0 Å². The fraction of sp³-hybridized carbons (Fsp3) is 0.696. The lowest BCUT2D eigenvalue weighted by Crippen LogP contribution is -2.25. The van der Waals surface area contributed by atoms with Crippen molar-refractivity contribution in [3.05, 3.63) is 29.8 Å². The van der Waals surface area contributed by atoms with Gasteiger partial charge in [-0.25, -0.2) is 4.98 Å². The maximum atomic E-state index is 12.8. The summed E-state index contributed by atoms with van der Waals surface area (Å²) in [6.07, 6.45) is 16.8. The molecule has 2 aliphatic rings. The van der Waals surface area contributed by atoms with Crippen LogP contribution < -0.4 is 0 Å². The molecule has 2 fully saturated rings. The number of nitrogens with zero attached hydrogens (tertiary/aromatic N) is 1. The van der Waals surface area contributed by atoms with Crippen molar-refractivity contribution in [2.75, 3.05) is 0 Å². The van der Waals surface area contributed by atoms with Crippen LogP contribution in [0.1, 0.15) is 83.1 Å². The molecule has 0 saturated heterocycles. The van der Waals surface area contributed by atoms with E-state index in [0.717, 1.165) is 23.3 Å². The van der Waals surface area contributed by atoms with E-state index in [1.54, 1.807) is 6.07 Å². The Morgan fingerprint density at radius 1 is 1.00 bits per heavy atom. The molecule has 1 aromatic rings. The summed E-state index contributed by atoms with van der Waals surface area (Å²) >= 11 is 0. The summed E-state index contributed by atoms with van der Waals surface area (Å²) in [6.45, 7) is 2.31.